The molecule has 2 aromatic carbocycles. The maximum Gasteiger partial charge on any atom is 0.216 e. The summed E-state index contributed by atoms with van der Waals surface area (Å²) in [5.41, 5.74) is 2.91. The molecule has 0 saturated carbocycles. The molecule has 3 rings (SSSR count). The van der Waals surface area contributed by atoms with Gasteiger partial charge in [0.2, 0.25) is 4.77 Å². The Morgan fingerprint density at radius 2 is 1.81 bits per heavy atom. The van der Waals surface area contributed by atoms with Gasteiger partial charge in [0.15, 0.2) is 5.82 Å². The number of halogens is 2. The fourth-order valence-corrected chi connectivity index (χ4v) is 3.20. The van der Waals surface area contributed by atoms with Crippen molar-refractivity contribution in [3.63, 3.8) is 0 Å². The Labute approximate surface area is 173 Å². The molecule has 0 unspecified atom stereocenters. The molecule has 3 aromatic rings. The fraction of sp³-hybridized carbons (Fsp3) is 0.211. The van der Waals surface area contributed by atoms with Gasteiger partial charge in [-0.15, -0.1) is 0 Å². The van der Waals surface area contributed by atoms with E-state index in [0.717, 1.165) is 24.2 Å². The van der Waals surface area contributed by atoms with E-state index in [1.165, 1.54) is 5.69 Å². The van der Waals surface area contributed by atoms with Gasteiger partial charge >= 0.3 is 0 Å². The van der Waals surface area contributed by atoms with Crippen molar-refractivity contribution in [2.75, 3.05) is 18.0 Å². The van der Waals surface area contributed by atoms with E-state index in [0.29, 0.717) is 20.6 Å². The molecule has 0 radical (unpaired) electrons. The summed E-state index contributed by atoms with van der Waals surface area (Å²) in [6.45, 7) is 6.20. The van der Waals surface area contributed by atoms with Crippen molar-refractivity contribution in [3.05, 3.63) is 62.8 Å². The number of H-pyrrole nitrogens is 1. The SMILES string of the molecule is CCN(CC)c1ccc(-c2n[nH]c(=S)n2N=Cc2ccc(Cl)c(Cl)c2)cc1. The van der Waals surface area contributed by atoms with Crippen LogP contribution in [0.2, 0.25) is 10.0 Å². The van der Waals surface area contributed by atoms with E-state index in [2.05, 4.69) is 46.2 Å². The Hall–Kier alpha value is -2.15. The first-order chi connectivity index (χ1) is 13.0. The number of nitrogens with one attached hydrogen (secondary N) is 1. The average molecular weight is 420 g/mol. The van der Waals surface area contributed by atoms with Crippen LogP contribution in [-0.2, 0) is 0 Å². The number of nitrogens with zero attached hydrogens (tertiary/aromatic N) is 4. The van der Waals surface area contributed by atoms with Gasteiger partial charge in [0.05, 0.1) is 16.3 Å². The van der Waals surface area contributed by atoms with E-state index in [1.807, 2.05) is 18.2 Å². The molecule has 5 nitrogen and oxygen atoms in total. The first-order valence-electron chi connectivity index (χ1n) is 8.55. The van der Waals surface area contributed by atoms with Crippen LogP contribution in [0.25, 0.3) is 11.4 Å². The lowest BCUT2D eigenvalue weighted by atomic mass is 10.2. The van der Waals surface area contributed by atoms with E-state index in [4.69, 9.17) is 35.4 Å². The van der Waals surface area contributed by atoms with Gasteiger partial charge in [-0.3, -0.25) is 0 Å². The highest BCUT2D eigenvalue weighted by atomic mass is 35.5. The highest BCUT2D eigenvalue weighted by Crippen LogP contribution is 2.23. The van der Waals surface area contributed by atoms with Crippen LogP contribution in [-0.4, -0.2) is 34.2 Å². The maximum absolute atomic E-state index is 6.05. The number of hydrogen-bond donors (Lipinski definition) is 1. The molecule has 0 spiro atoms. The van der Waals surface area contributed by atoms with Gasteiger partial charge in [-0.05, 0) is 68.0 Å². The molecule has 0 aliphatic carbocycles. The summed E-state index contributed by atoms with van der Waals surface area (Å²) < 4.78 is 2.00. The molecule has 1 aromatic heterocycles. The second-order valence-electron chi connectivity index (χ2n) is 5.80. The van der Waals surface area contributed by atoms with Crippen molar-refractivity contribution in [3.8, 4) is 11.4 Å². The lowest BCUT2D eigenvalue weighted by Crippen LogP contribution is -2.21. The summed E-state index contributed by atoms with van der Waals surface area (Å²) >= 11 is 17.3. The van der Waals surface area contributed by atoms with Gasteiger partial charge in [0.1, 0.15) is 0 Å². The Morgan fingerprint density at radius 1 is 1.11 bits per heavy atom. The molecule has 1 N–H and O–H groups in total. The van der Waals surface area contributed by atoms with E-state index < -0.39 is 0 Å². The maximum atomic E-state index is 6.05. The normalized spacial score (nSPS) is 11.3. The first kappa shape index (κ1) is 19.6. The minimum Gasteiger partial charge on any atom is -0.372 e. The summed E-state index contributed by atoms with van der Waals surface area (Å²) in [5, 5.41) is 12.5. The standard InChI is InChI=1S/C19H19Cl2N5S/c1-3-25(4-2)15-8-6-14(7-9-15)18-23-24-19(27)26(18)22-12-13-5-10-16(20)17(21)11-13/h5-12H,3-4H2,1-2H3,(H,24,27). The minimum atomic E-state index is 0.411. The van der Waals surface area contributed by atoms with E-state index in [-0.39, 0.29) is 0 Å². The molecular formula is C19H19Cl2N5S. The largest absolute Gasteiger partial charge is 0.372 e. The second-order valence-corrected chi connectivity index (χ2v) is 7.00. The zero-order valence-electron chi connectivity index (χ0n) is 15.0. The molecule has 0 saturated heterocycles. The molecule has 0 atom stereocenters. The summed E-state index contributed by atoms with van der Waals surface area (Å²) in [7, 11) is 0. The molecule has 0 aliphatic rings. The summed E-state index contributed by atoms with van der Waals surface area (Å²) in [6.07, 6.45) is 1.67. The molecule has 1 heterocycles. The number of aromatic amines is 1. The molecule has 0 amide bonds. The third-order valence-corrected chi connectivity index (χ3v) is 5.17. The number of aromatic nitrogens is 3. The Balaban J connectivity index is 1.91. The third-order valence-electron chi connectivity index (χ3n) is 4.17. The lowest BCUT2D eigenvalue weighted by molar-refractivity contribution is 0.864. The number of benzene rings is 2. The fourth-order valence-electron chi connectivity index (χ4n) is 2.71. The predicted octanol–water partition coefficient (Wildman–Crippen LogP) is 5.64. The van der Waals surface area contributed by atoms with Crippen LogP contribution >= 0.6 is 35.4 Å². The zero-order chi connectivity index (χ0) is 19.4. The summed E-state index contributed by atoms with van der Waals surface area (Å²) in [4.78, 5) is 2.28. The van der Waals surface area contributed by atoms with Crippen molar-refractivity contribution >= 4 is 47.3 Å². The number of rotatable bonds is 6. The van der Waals surface area contributed by atoms with Gasteiger partial charge in [-0.1, -0.05) is 29.3 Å². The van der Waals surface area contributed by atoms with Crippen LogP contribution in [0, 0.1) is 4.77 Å². The van der Waals surface area contributed by atoms with Crippen LogP contribution in [0.1, 0.15) is 19.4 Å². The number of anilines is 1. The zero-order valence-corrected chi connectivity index (χ0v) is 17.3. The van der Waals surface area contributed by atoms with Gasteiger partial charge in [0.25, 0.3) is 0 Å². The Morgan fingerprint density at radius 3 is 2.44 bits per heavy atom. The predicted molar refractivity (Wildman–Crippen MR) is 116 cm³/mol. The second kappa shape index (κ2) is 8.69. The van der Waals surface area contributed by atoms with Gasteiger partial charge < -0.3 is 4.90 Å². The lowest BCUT2D eigenvalue weighted by Gasteiger charge is -2.20. The van der Waals surface area contributed by atoms with Crippen LogP contribution in [0.3, 0.4) is 0 Å². The smallest absolute Gasteiger partial charge is 0.216 e. The van der Waals surface area contributed by atoms with E-state index >= 15 is 0 Å². The molecule has 8 heteroatoms. The molecule has 0 bridgehead atoms. The minimum absolute atomic E-state index is 0.411. The first-order valence-corrected chi connectivity index (χ1v) is 9.72. The van der Waals surface area contributed by atoms with Crippen molar-refractivity contribution < 1.29 is 0 Å². The Bertz CT molecular complexity index is 1000. The average Bonchev–Trinajstić information content (AvgIpc) is 3.05. The van der Waals surface area contributed by atoms with E-state index in [1.54, 1.807) is 23.0 Å². The molecule has 140 valence electrons. The monoisotopic (exact) mass is 419 g/mol. The van der Waals surface area contributed by atoms with Crippen LogP contribution in [0.4, 0.5) is 5.69 Å². The van der Waals surface area contributed by atoms with Gasteiger partial charge in [0, 0.05) is 24.3 Å². The molecule has 0 fully saturated rings. The van der Waals surface area contributed by atoms with Gasteiger partial charge in [-0.25, -0.2) is 5.10 Å². The van der Waals surface area contributed by atoms with Crippen molar-refractivity contribution in [1.82, 2.24) is 14.9 Å². The molecule has 27 heavy (non-hydrogen) atoms. The van der Waals surface area contributed by atoms with E-state index in [9.17, 15) is 0 Å². The van der Waals surface area contributed by atoms with Gasteiger partial charge in [-0.2, -0.15) is 14.9 Å². The van der Waals surface area contributed by atoms with Crippen LogP contribution < -0.4 is 4.90 Å². The van der Waals surface area contributed by atoms with Crippen molar-refractivity contribution in [2.24, 2.45) is 5.10 Å². The summed E-state index contributed by atoms with van der Waals surface area (Å²) in [5.74, 6) is 0.641. The molecule has 0 aliphatic heterocycles. The quantitative estimate of drug-likeness (QED) is 0.415. The highest BCUT2D eigenvalue weighted by Gasteiger charge is 2.09. The highest BCUT2D eigenvalue weighted by molar-refractivity contribution is 7.71. The summed E-state index contributed by atoms with van der Waals surface area (Å²) in [6, 6.07) is 13.5. The van der Waals surface area contributed by atoms with Crippen LogP contribution in [0.15, 0.2) is 47.6 Å². The number of hydrogen-bond acceptors (Lipinski definition) is 4. The third kappa shape index (κ3) is 4.40. The van der Waals surface area contributed by atoms with Crippen molar-refractivity contribution in [1.29, 1.82) is 0 Å². The molecular weight excluding hydrogens is 401 g/mol. The van der Waals surface area contributed by atoms with Crippen molar-refractivity contribution in [2.45, 2.75) is 13.8 Å². The van der Waals surface area contributed by atoms with Crippen LogP contribution in [0.5, 0.6) is 0 Å². The topological polar surface area (TPSA) is 49.2 Å². The Kier molecular flexibility index (Phi) is 6.31.